The molecule has 7 heteroatoms. The summed E-state index contributed by atoms with van der Waals surface area (Å²) in [7, 11) is 0. The van der Waals surface area contributed by atoms with E-state index in [9.17, 15) is 9.90 Å². The van der Waals surface area contributed by atoms with Crippen molar-refractivity contribution >= 4 is 17.5 Å². The van der Waals surface area contributed by atoms with Gasteiger partial charge in [0, 0.05) is 17.7 Å². The molecule has 1 saturated carbocycles. The van der Waals surface area contributed by atoms with Crippen LogP contribution in [0.1, 0.15) is 54.9 Å². The van der Waals surface area contributed by atoms with Crippen LogP contribution in [-0.4, -0.2) is 38.4 Å². The average molecular weight is 375 g/mol. The zero-order chi connectivity index (χ0) is 18.6. The maximum absolute atomic E-state index is 12.9. The Labute approximate surface area is 157 Å². The molecule has 1 amide bonds. The molecule has 2 aliphatic rings. The quantitative estimate of drug-likeness (QED) is 0.862. The second kappa shape index (κ2) is 6.06. The van der Waals surface area contributed by atoms with Crippen LogP contribution in [-0.2, 0) is 6.42 Å². The summed E-state index contributed by atoms with van der Waals surface area (Å²) in [6.45, 7) is 5.86. The number of aromatic nitrogens is 3. The number of fused-ring (bicyclic) bond motifs is 3. The van der Waals surface area contributed by atoms with Crippen molar-refractivity contribution in [2.24, 2.45) is 11.3 Å². The van der Waals surface area contributed by atoms with Crippen LogP contribution in [0.5, 0.6) is 0 Å². The fourth-order valence-electron chi connectivity index (χ4n) is 3.73. The minimum Gasteiger partial charge on any atom is -0.394 e. The molecule has 0 radical (unpaired) electrons. The molecule has 3 atom stereocenters. The van der Waals surface area contributed by atoms with Gasteiger partial charge < -0.3 is 10.4 Å². The minimum absolute atomic E-state index is 0.109. The molecule has 2 aromatic rings. The Hall–Kier alpha value is -1.92. The summed E-state index contributed by atoms with van der Waals surface area (Å²) < 4.78 is 1.79. The van der Waals surface area contributed by atoms with Crippen LogP contribution in [0, 0.1) is 11.3 Å². The highest BCUT2D eigenvalue weighted by Crippen LogP contribution is 2.57. The summed E-state index contributed by atoms with van der Waals surface area (Å²) in [6, 6.07) is 3.26. The Kier molecular flexibility index (Phi) is 4.08. The van der Waals surface area contributed by atoms with Crippen LogP contribution in [0.4, 0.5) is 0 Å². The second-order valence-corrected chi connectivity index (χ2v) is 8.78. The van der Waals surface area contributed by atoms with Crippen molar-refractivity contribution in [3.8, 4) is 5.82 Å². The Morgan fingerprint density at radius 2 is 2.23 bits per heavy atom. The van der Waals surface area contributed by atoms with Crippen molar-refractivity contribution in [1.82, 2.24) is 20.1 Å². The Balaban J connectivity index is 1.70. The van der Waals surface area contributed by atoms with Crippen molar-refractivity contribution in [3.63, 3.8) is 0 Å². The number of pyridine rings is 1. The number of carbonyl (C=O) groups is 1. The van der Waals surface area contributed by atoms with Gasteiger partial charge in [0.05, 0.1) is 23.4 Å². The van der Waals surface area contributed by atoms with Crippen LogP contribution in [0.25, 0.3) is 5.82 Å². The van der Waals surface area contributed by atoms with Crippen molar-refractivity contribution in [2.45, 2.75) is 45.6 Å². The molecular formula is C19H23ClN4O2. The fraction of sp³-hybridized carbons (Fsp3) is 0.526. The highest BCUT2D eigenvalue weighted by Gasteiger charge is 2.50. The number of nitrogens with one attached hydrogen (secondary N) is 1. The molecule has 2 N–H and O–H groups in total. The van der Waals surface area contributed by atoms with Crippen LogP contribution in [0.15, 0.2) is 18.3 Å². The molecule has 0 saturated heterocycles. The van der Waals surface area contributed by atoms with Gasteiger partial charge in [-0.3, -0.25) is 4.79 Å². The first-order chi connectivity index (χ1) is 12.3. The van der Waals surface area contributed by atoms with Crippen LogP contribution >= 0.6 is 11.6 Å². The molecule has 0 bridgehead atoms. The van der Waals surface area contributed by atoms with Gasteiger partial charge >= 0.3 is 0 Å². The van der Waals surface area contributed by atoms with E-state index in [1.54, 1.807) is 16.9 Å². The van der Waals surface area contributed by atoms with E-state index >= 15 is 0 Å². The van der Waals surface area contributed by atoms with E-state index in [1.807, 2.05) is 26.8 Å². The van der Waals surface area contributed by atoms with Gasteiger partial charge in [-0.05, 0) is 36.3 Å². The largest absolute Gasteiger partial charge is 0.394 e. The normalized spacial score (nSPS) is 21.9. The Morgan fingerprint density at radius 1 is 1.46 bits per heavy atom. The van der Waals surface area contributed by atoms with Gasteiger partial charge in [0.2, 0.25) is 0 Å². The zero-order valence-corrected chi connectivity index (χ0v) is 15.9. The summed E-state index contributed by atoms with van der Waals surface area (Å²) in [5.74, 6) is 1.52. The Bertz CT molecular complexity index is 854. The molecule has 2 aliphatic carbocycles. The molecular weight excluding hydrogens is 352 g/mol. The first-order valence-electron chi connectivity index (χ1n) is 8.95. The third-order valence-electron chi connectivity index (χ3n) is 5.44. The second-order valence-electron chi connectivity index (χ2n) is 8.34. The van der Waals surface area contributed by atoms with E-state index in [2.05, 4.69) is 15.4 Å². The average Bonchev–Trinajstić information content (AvgIpc) is 3.08. The summed E-state index contributed by atoms with van der Waals surface area (Å²) in [5, 5.41) is 17.8. The van der Waals surface area contributed by atoms with Crippen molar-refractivity contribution in [2.75, 3.05) is 6.61 Å². The monoisotopic (exact) mass is 374 g/mol. The van der Waals surface area contributed by atoms with Crippen molar-refractivity contribution in [1.29, 1.82) is 0 Å². The molecule has 1 fully saturated rings. The Morgan fingerprint density at radius 3 is 2.85 bits per heavy atom. The third-order valence-corrected chi connectivity index (χ3v) is 5.66. The number of amides is 1. The topological polar surface area (TPSA) is 80.0 Å². The first kappa shape index (κ1) is 17.5. The van der Waals surface area contributed by atoms with Gasteiger partial charge in [-0.1, -0.05) is 32.4 Å². The van der Waals surface area contributed by atoms with Gasteiger partial charge in [0.1, 0.15) is 0 Å². The van der Waals surface area contributed by atoms with E-state index in [-0.39, 0.29) is 24.0 Å². The molecule has 6 nitrogen and oxygen atoms in total. The fourth-order valence-corrected chi connectivity index (χ4v) is 3.84. The van der Waals surface area contributed by atoms with Crippen molar-refractivity contribution < 1.29 is 9.90 Å². The number of halogens is 1. The standard InChI is InChI=1S/C19H23ClN4O2/c1-19(2,3)14(9-25)22-18(26)16-13-7-10-6-12(10)17(13)24(23-16)15-5-4-11(20)8-21-15/h4-5,8,10,12,14,25H,6-7,9H2,1-3H3,(H,22,26)/t10-,12-,14-/m1/s1. The number of hydrogen-bond donors (Lipinski definition) is 2. The summed E-state index contributed by atoms with van der Waals surface area (Å²) >= 11 is 5.94. The molecule has 4 rings (SSSR count). The predicted octanol–water partition coefficient (Wildman–Crippen LogP) is 2.72. The van der Waals surface area contributed by atoms with Crippen molar-refractivity contribution in [3.05, 3.63) is 40.3 Å². The lowest BCUT2D eigenvalue weighted by Gasteiger charge is -2.29. The summed E-state index contributed by atoms with van der Waals surface area (Å²) in [5.41, 5.74) is 2.33. The lowest BCUT2D eigenvalue weighted by Crippen LogP contribution is -2.46. The zero-order valence-electron chi connectivity index (χ0n) is 15.2. The molecule has 0 unspecified atom stereocenters. The number of aliphatic hydroxyl groups is 1. The van der Waals surface area contributed by atoms with Gasteiger partial charge in [-0.15, -0.1) is 0 Å². The van der Waals surface area contributed by atoms with Crippen LogP contribution in [0.3, 0.4) is 0 Å². The minimum atomic E-state index is -0.333. The van der Waals surface area contributed by atoms with Gasteiger partial charge in [0.25, 0.3) is 5.91 Å². The number of nitrogens with zero attached hydrogens (tertiary/aromatic N) is 3. The number of carbonyl (C=O) groups excluding carboxylic acids is 1. The third kappa shape index (κ3) is 2.91. The highest BCUT2D eigenvalue weighted by atomic mass is 35.5. The molecule has 2 heterocycles. The van der Waals surface area contributed by atoms with E-state index in [4.69, 9.17) is 11.6 Å². The van der Waals surface area contributed by atoms with Gasteiger partial charge in [-0.25, -0.2) is 9.67 Å². The number of rotatable bonds is 4. The lowest BCUT2D eigenvalue weighted by atomic mass is 9.87. The van der Waals surface area contributed by atoms with E-state index in [0.29, 0.717) is 28.4 Å². The highest BCUT2D eigenvalue weighted by molar-refractivity contribution is 6.30. The molecule has 0 aromatic carbocycles. The van der Waals surface area contributed by atoms with E-state index in [0.717, 1.165) is 24.1 Å². The molecule has 2 aromatic heterocycles. The van der Waals surface area contributed by atoms with Crippen LogP contribution < -0.4 is 5.32 Å². The van der Waals surface area contributed by atoms with Gasteiger partial charge in [0.15, 0.2) is 11.5 Å². The lowest BCUT2D eigenvalue weighted by molar-refractivity contribution is 0.0841. The summed E-state index contributed by atoms with van der Waals surface area (Å²) in [6.07, 6.45) is 3.62. The van der Waals surface area contributed by atoms with E-state index in [1.165, 1.54) is 0 Å². The molecule has 138 valence electrons. The number of aliphatic hydroxyl groups excluding tert-OH is 1. The maximum atomic E-state index is 12.9. The molecule has 26 heavy (non-hydrogen) atoms. The predicted molar refractivity (Wildman–Crippen MR) is 98.7 cm³/mol. The van der Waals surface area contributed by atoms with E-state index < -0.39 is 0 Å². The SMILES string of the molecule is CC(C)(C)[C@@H](CO)NC(=O)c1nn(-c2ccc(Cl)cn2)c2c1C[C@H]1C[C@@H]21. The molecule has 0 spiro atoms. The van der Waals surface area contributed by atoms with Gasteiger partial charge in [-0.2, -0.15) is 5.10 Å². The molecule has 0 aliphatic heterocycles. The first-order valence-corrected chi connectivity index (χ1v) is 9.33. The smallest absolute Gasteiger partial charge is 0.272 e. The number of hydrogen-bond acceptors (Lipinski definition) is 4. The van der Waals surface area contributed by atoms with Crippen LogP contribution in [0.2, 0.25) is 5.02 Å². The summed E-state index contributed by atoms with van der Waals surface area (Å²) in [4.78, 5) is 17.3. The maximum Gasteiger partial charge on any atom is 0.272 e.